The van der Waals surface area contributed by atoms with Crippen molar-refractivity contribution < 1.29 is 9.84 Å². The summed E-state index contributed by atoms with van der Waals surface area (Å²) in [6, 6.07) is 4.26. The number of rotatable bonds is 7. The Morgan fingerprint density at radius 2 is 1.89 bits per heavy atom. The normalized spacial score (nSPS) is 12.7. The van der Waals surface area contributed by atoms with Crippen LogP contribution in [0.1, 0.15) is 62.5 Å². The largest absolute Gasteiger partial charge is 0.480 e. The highest BCUT2D eigenvalue weighted by Gasteiger charge is 2.20. The second kappa shape index (κ2) is 8.27. The first-order valence-corrected chi connectivity index (χ1v) is 9.93. The number of pyridine rings is 1. The van der Waals surface area contributed by atoms with Gasteiger partial charge in [-0.15, -0.1) is 0 Å². The van der Waals surface area contributed by atoms with Gasteiger partial charge in [-0.2, -0.15) is 0 Å². The zero-order valence-corrected chi connectivity index (χ0v) is 17.7. The highest BCUT2D eigenvalue weighted by atomic mass is 16.5. The number of aromatic nitrogens is 4. The third kappa shape index (κ3) is 3.61. The Morgan fingerprint density at radius 1 is 1.14 bits per heavy atom. The van der Waals surface area contributed by atoms with Gasteiger partial charge in [0, 0.05) is 24.5 Å². The Kier molecular flexibility index (Phi) is 5.98. The lowest BCUT2D eigenvalue weighted by Gasteiger charge is -2.17. The van der Waals surface area contributed by atoms with Gasteiger partial charge in [0.15, 0.2) is 5.65 Å². The molecule has 0 bridgehead atoms. The van der Waals surface area contributed by atoms with Gasteiger partial charge in [-0.3, -0.25) is 0 Å². The summed E-state index contributed by atoms with van der Waals surface area (Å²) < 4.78 is 7.72. The minimum Gasteiger partial charge on any atom is -0.480 e. The molecule has 3 rings (SSSR count). The van der Waals surface area contributed by atoms with Crippen molar-refractivity contribution >= 4 is 11.2 Å². The van der Waals surface area contributed by atoms with Crippen molar-refractivity contribution in [1.29, 1.82) is 0 Å². The Hall–Kier alpha value is -2.47. The van der Waals surface area contributed by atoms with Crippen molar-refractivity contribution in [3.63, 3.8) is 0 Å². The van der Waals surface area contributed by atoms with Crippen LogP contribution in [-0.4, -0.2) is 38.3 Å². The number of aliphatic hydroxyl groups excluding tert-OH is 1. The number of hydrogen-bond donors (Lipinski definition) is 1. The molecule has 1 N–H and O–H groups in total. The van der Waals surface area contributed by atoms with Crippen LogP contribution in [0.3, 0.4) is 0 Å². The second-order valence-corrected chi connectivity index (χ2v) is 7.57. The van der Waals surface area contributed by atoms with E-state index in [-0.39, 0.29) is 12.6 Å². The zero-order chi connectivity index (χ0) is 20.4. The van der Waals surface area contributed by atoms with Crippen LogP contribution in [0.4, 0.5) is 0 Å². The summed E-state index contributed by atoms with van der Waals surface area (Å²) in [4.78, 5) is 14.5. The fourth-order valence-corrected chi connectivity index (χ4v) is 3.62. The van der Waals surface area contributed by atoms with Crippen molar-refractivity contribution in [2.24, 2.45) is 0 Å². The molecular weight excluding hydrogens is 352 g/mol. The van der Waals surface area contributed by atoms with Crippen LogP contribution in [0.15, 0.2) is 18.3 Å². The molecule has 3 aromatic heterocycles. The molecule has 3 aromatic rings. The first kappa shape index (κ1) is 20.3. The average Bonchev–Trinajstić information content (AvgIpc) is 3.00. The molecule has 0 saturated heterocycles. The monoisotopic (exact) mass is 382 g/mol. The van der Waals surface area contributed by atoms with Crippen molar-refractivity contribution in [2.45, 2.75) is 59.4 Å². The molecule has 6 heteroatoms. The summed E-state index contributed by atoms with van der Waals surface area (Å²) in [7, 11) is 1.64. The first-order valence-electron chi connectivity index (χ1n) is 9.93. The number of aryl methyl sites for hydroxylation is 2. The van der Waals surface area contributed by atoms with Gasteiger partial charge < -0.3 is 14.4 Å². The van der Waals surface area contributed by atoms with Crippen molar-refractivity contribution in [3.8, 4) is 17.1 Å². The van der Waals surface area contributed by atoms with Crippen LogP contribution in [0.25, 0.3) is 22.4 Å². The molecule has 0 spiro atoms. The van der Waals surface area contributed by atoms with Crippen LogP contribution in [0.2, 0.25) is 0 Å². The van der Waals surface area contributed by atoms with E-state index < -0.39 is 0 Å². The van der Waals surface area contributed by atoms with Crippen LogP contribution in [-0.2, 0) is 0 Å². The average molecular weight is 383 g/mol. The predicted octanol–water partition coefficient (Wildman–Crippen LogP) is 4.58. The van der Waals surface area contributed by atoms with Crippen LogP contribution < -0.4 is 4.74 Å². The molecule has 0 aliphatic rings. The van der Waals surface area contributed by atoms with Crippen LogP contribution in [0, 0.1) is 13.8 Å². The fraction of sp³-hybridized carbons (Fsp3) is 0.500. The highest BCUT2D eigenvalue weighted by Crippen LogP contribution is 2.33. The minimum atomic E-state index is 0.160. The lowest BCUT2D eigenvalue weighted by molar-refractivity contribution is 0.256. The lowest BCUT2D eigenvalue weighted by Crippen LogP contribution is -2.10. The number of fused-ring (bicyclic) bond motifs is 1. The van der Waals surface area contributed by atoms with E-state index in [0.29, 0.717) is 18.2 Å². The molecule has 0 fully saturated rings. The van der Waals surface area contributed by atoms with Gasteiger partial charge in [-0.05, 0) is 50.3 Å². The standard InChI is InChI=1S/C22H30N4O2/c1-7-16(10-11-27)26-12-14(4)19-21(26)23-15(5)20(25-19)17-8-9-18(13(2)3)24-22(17)28-6/h8-9,12-13,16,27H,7,10-11H2,1-6H3/t16-/m1/s1. The predicted molar refractivity (Wildman–Crippen MR) is 112 cm³/mol. The molecule has 0 saturated carbocycles. The fourth-order valence-electron chi connectivity index (χ4n) is 3.62. The molecule has 0 amide bonds. The molecule has 0 radical (unpaired) electrons. The Bertz CT molecular complexity index is 978. The van der Waals surface area contributed by atoms with Crippen LogP contribution in [0.5, 0.6) is 5.88 Å². The molecule has 0 unspecified atom stereocenters. The van der Waals surface area contributed by atoms with Gasteiger partial charge in [-0.1, -0.05) is 20.8 Å². The molecule has 3 heterocycles. The van der Waals surface area contributed by atoms with Gasteiger partial charge in [0.1, 0.15) is 5.52 Å². The summed E-state index contributed by atoms with van der Waals surface area (Å²) >= 11 is 0. The molecular formula is C22H30N4O2. The maximum absolute atomic E-state index is 9.40. The van der Waals surface area contributed by atoms with Gasteiger partial charge in [0.25, 0.3) is 0 Å². The van der Waals surface area contributed by atoms with Gasteiger partial charge in [-0.25, -0.2) is 15.0 Å². The molecule has 0 aliphatic carbocycles. The van der Waals surface area contributed by atoms with Crippen molar-refractivity contribution in [3.05, 3.63) is 35.3 Å². The molecule has 28 heavy (non-hydrogen) atoms. The second-order valence-electron chi connectivity index (χ2n) is 7.57. The Morgan fingerprint density at radius 3 is 2.50 bits per heavy atom. The highest BCUT2D eigenvalue weighted by molar-refractivity contribution is 5.80. The quantitative estimate of drug-likeness (QED) is 0.648. The SMILES string of the molecule is CC[C@H](CCO)n1cc(C)c2nc(-c3ccc(C(C)C)nc3OC)c(C)nc21. The lowest BCUT2D eigenvalue weighted by atomic mass is 10.1. The molecule has 1 atom stereocenters. The van der Waals surface area contributed by atoms with Gasteiger partial charge in [0.2, 0.25) is 5.88 Å². The third-order valence-corrected chi connectivity index (χ3v) is 5.25. The number of nitrogens with zero attached hydrogens (tertiary/aromatic N) is 4. The van der Waals surface area contributed by atoms with Gasteiger partial charge >= 0.3 is 0 Å². The number of hydrogen-bond acceptors (Lipinski definition) is 5. The molecule has 0 aliphatic heterocycles. The van der Waals surface area contributed by atoms with Crippen molar-refractivity contribution in [1.82, 2.24) is 19.5 Å². The zero-order valence-electron chi connectivity index (χ0n) is 17.7. The third-order valence-electron chi connectivity index (χ3n) is 5.25. The van der Waals surface area contributed by atoms with E-state index in [2.05, 4.69) is 43.4 Å². The number of ether oxygens (including phenoxy) is 1. The van der Waals surface area contributed by atoms with E-state index in [0.717, 1.165) is 45.8 Å². The Labute approximate surface area is 166 Å². The Balaban J connectivity index is 2.17. The van der Waals surface area contributed by atoms with Crippen LogP contribution >= 0.6 is 0 Å². The van der Waals surface area contributed by atoms with Crippen molar-refractivity contribution in [2.75, 3.05) is 13.7 Å². The molecule has 6 nitrogen and oxygen atoms in total. The van der Waals surface area contributed by atoms with E-state index >= 15 is 0 Å². The van der Waals surface area contributed by atoms with E-state index in [4.69, 9.17) is 14.7 Å². The van der Waals surface area contributed by atoms with E-state index in [1.165, 1.54) is 0 Å². The summed E-state index contributed by atoms with van der Waals surface area (Å²) in [6.45, 7) is 10.5. The number of methoxy groups -OCH3 is 1. The summed E-state index contributed by atoms with van der Waals surface area (Å²) in [6.07, 6.45) is 3.73. The summed E-state index contributed by atoms with van der Waals surface area (Å²) in [5.41, 5.74) is 6.30. The van der Waals surface area contributed by atoms with E-state index in [1.54, 1.807) is 7.11 Å². The van der Waals surface area contributed by atoms with E-state index in [9.17, 15) is 5.11 Å². The van der Waals surface area contributed by atoms with E-state index in [1.807, 2.05) is 19.1 Å². The summed E-state index contributed by atoms with van der Waals surface area (Å²) in [5.74, 6) is 0.901. The molecule has 0 aromatic carbocycles. The summed E-state index contributed by atoms with van der Waals surface area (Å²) in [5, 5.41) is 9.40. The molecule has 150 valence electrons. The first-order chi connectivity index (χ1) is 13.4. The maximum atomic E-state index is 9.40. The van der Waals surface area contributed by atoms with Gasteiger partial charge in [0.05, 0.1) is 24.1 Å². The minimum absolute atomic E-state index is 0.160. The topological polar surface area (TPSA) is 73.1 Å². The maximum Gasteiger partial charge on any atom is 0.222 e. The number of aliphatic hydroxyl groups is 1. The smallest absolute Gasteiger partial charge is 0.222 e.